The van der Waals surface area contributed by atoms with Crippen molar-refractivity contribution in [3.05, 3.63) is 46.8 Å². The number of halogens is 2. The lowest BCUT2D eigenvalue weighted by atomic mass is 9.80. The zero-order chi connectivity index (χ0) is 17.5. The number of aromatic nitrogens is 2. The third-order valence-electron chi connectivity index (χ3n) is 4.52. The SMILES string of the molecule is Cc1nn(-c2ccc(F)cc2F)c(C)c1C(=O)NCC1(O)CCC1. The molecule has 1 heterocycles. The first-order valence-electron chi connectivity index (χ1n) is 7.83. The number of aryl methyl sites for hydroxylation is 1. The van der Waals surface area contributed by atoms with Crippen LogP contribution in [0.4, 0.5) is 8.78 Å². The van der Waals surface area contributed by atoms with Gasteiger partial charge in [-0.3, -0.25) is 4.79 Å². The second-order valence-electron chi connectivity index (χ2n) is 6.31. The summed E-state index contributed by atoms with van der Waals surface area (Å²) in [4.78, 5) is 12.4. The van der Waals surface area contributed by atoms with Crippen molar-refractivity contribution in [2.24, 2.45) is 0 Å². The first-order valence-corrected chi connectivity index (χ1v) is 7.83. The Bertz CT molecular complexity index is 797. The highest BCUT2D eigenvalue weighted by atomic mass is 19.1. The second-order valence-corrected chi connectivity index (χ2v) is 6.31. The first kappa shape index (κ1) is 16.6. The molecule has 24 heavy (non-hydrogen) atoms. The fourth-order valence-electron chi connectivity index (χ4n) is 2.95. The number of carbonyl (C=O) groups excluding carboxylic acids is 1. The molecule has 1 aliphatic rings. The van der Waals surface area contributed by atoms with Gasteiger partial charge >= 0.3 is 0 Å². The van der Waals surface area contributed by atoms with Crippen LogP contribution in [-0.2, 0) is 0 Å². The van der Waals surface area contributed by atoms with Gasteiger partial charge in [-0.15, -0.1) is 0 Å². The van der Waals surface area contributed by atoms with E-state index < -0.39 is 17.2 Å². The van der Waals surface area contributed by atoms with Gasteiger partial charge in [-0.25, -0.2) is 13.5 Å². The van der Waals surface area contributed by atoms with E-state index in [0.29, 0.717) is 29.8 Å². The van der Waals surface area contributed by atoms with E-state index >= 15 is 0 Å². The minimum absolute atomic E-state index is 0.0775. The highest BCUT2D eigenvalue weighted by Gasteiger charge is 2.35. The topological polar surface area (TPSA) is 67.2 Å². The third-order valence-corrected chi connectivity index (χ3v) is 4.52. The standard InChI is InChI=1S/C17H19F2N3O2/c1-10-15(16(23)20-9-17(24)6-3-7-17)11(2)22(21-10)14-5-4-12(18)8-13(14)19/h4-5,8,24H,3,6-7,9H2,1-2H3,(H,20,23). The van der Waals surface area contributed by atoms with Gasteiger partial charge in [0.1, 0.15) is 11.5 Å². The van der Waals surface area contributed by atoms with Crippen LogP contribution in [0.5, 0.6) is 0 Å². The van der Waals surface area contributed by atoms with Crippen LogP contribution >= 0.6 is 0 Å². The van der Waals surface area contributed by atoms with Crippen LogP contribution in [0, 0.1) is 25.5 Å². The number of hydrogen-bond donors (Lipinski definition) is 2. The second kappa shape index (κ2) is 5.98. The molecule has 2 N–H and O–H groups in total. The first-order chi connectivity index (χ1) is 11.3. The number of rotatable bonds is 4. The van der Waals surface area contributed by atoms with E-state index in [-0.39, 0.29) is 18.1 Å². The van der Waals surface area contributed by atoms with Gasteiger partial charge in [-0.2, -0.15) is 5.10 Å². The Balaban J connectivity index is 1.87. The van der Waals surface area contributed by atoms with Crippen molar-refractivity contribution in [3.8, 4) is 5.69 Å². The van der Waals surface area contributed by atoms with Crippen LogP contribution in [-0.4, -0.2) is 32.9 Å². The molecule has 1 amide bonds. The van der Waals surface area contributed by atoms with E-state index in [1.54, 1.807) is 13.8 Å². The lowest BCUT2D eigenvalue weighted by Crippen LogP contribution is -2.47. The summed E-state index contributed by atoms with van der Waals surface area (Å²) in [5.74, 6) is -1.79. The third kappa shape index (κ3) is 2.91. The monoisotopic (exact) mass is 335 g/mol. The summed E-state index contributed by atoms with van der Waals surface area (Å²) in [6, 6.07) is 3.20. The Kier molecular flexibility index (Phi) is 4.13. The lowest BCUT2D eigenvalue weighted by molar-refractivity contribution is -0.0300. The van der Waals surface area contributed by atoms with Crippen molar-refractivity contribution in [3.63, 3.8) is 0 Å². The smallest absolute Gasteiger partial charge is 0.255 e. The van der Waals surface area contributed by atoms with Crippen LogP contribution in [0.2, 0.25) is 0 Å². The maximum Gasteiger partial charge on any atom is 0.255 e. The number of aliphatic hydroxyl groups is 1. The minimum Gasteiger partial charge on any atom is -0.388 e. The predicted molar refractivity (Wildman–Crippen MR) is 84.1 cm³/mol. The molecule has 0 atom stereocenters. The summed E-state index contributed by atoms with van der Waals surface area (Å²) in [6.07, 6.45) is 2.29. The summed E-state index contributed by atoms with van der Waals surface area (Å²) in [5.41, 5.74) is 0.483. The predicted octanol–water partition coefficient (Wildman–Crippen LogP) is 2.41. The maximum absolute atomic E-state index is 14.0. The Morgan fingerprint density at radius 3 is 2.67 bits per heavy atom. The molecule has 0 saturated heterocycles. The van der Waals surface area contributed by atoms with Gasteiger partial charge in [0.25, 0.3) is 5.91 Å². The van der Waals surface area contributed by atoms with E-state index in [1.807, 2.05) is 0 Å². The van der Waals surface area contributed by atoms with E-state index in [2.05, 4.69) is 10.4 Å². The summed E-state index contributed by atoms with van der Waals surface area (Å²) in [5, 5.41) is 17.0. The average Bonchev–Trinajstić information content (AvgIpc) is 2.78. The van der Waals surface area contributed by atoms with E-state index in [4.69, 9.17) is 0 Å². The fourth-order valence-corrected chi connectivity index (χ4v) is 2.95. The van der Waals surface area contributed by atoms with Crippen LogP contribution in [0.3, 0.4) is 0 Å². The largest absolute Gasteiger partial charge is 0.388 e. The number of hydrogen-bond acceptors (Lipinski definition) is 3. The summed E-state index contributed by atoms with van der Waals surface area (Å²) < 4.78 is 28.3. The molecule has 0 unspecified atom stereocenters. The molecule has 128 valence electrons. The number of nitrogens with one attached hydrogen (secondary N) is 1. The van der Waals surface area contributed by atoms with Gasteiger partial charge in [-0.05, 0) is 45.2 Å². The number of carbonyl (C=O) groups is 1. The van der Waals surface area contributed by atoms with Gasteiger partial charge in [0, 0.05) is 12.6 Å². The Morgan fingerprint density at radius 1 is 1.38 bits per heavy atom. The maximum atomic E-state index is 14.0. The highest BCUT2D eigenvalue weighted by Crippen LogP contribution is 2.30. The molecule has 1 aromatic carbocycles. The van der Waals surface area contributed by atoms with Crippen molar-refractivity contribution in [2.45, 2.75) is 38.7 Å². The number of amides is 1. The number of benzene rings is 1. The molecule has 0 radical (unpaired) electrons. The summed E-state index contributed by atoms with van der Waals surface area (Å²) in [6.45, 7) is 3.48. The summed E-state index contributed by atoms with van der Waals surface area (Å²) >= 11 is 0. The molecular weight excluding hydrogens is 316 g/mol. The zero-order valence-electron chi connectivity index (χ0n) is 13.6. The van der Waals surface area contributed by atoms with Crippen LogP contribution in [0.15, 0.2) is 18.2 Å². The molecule has 1 fully saturated rings. The Morgan fingerprint density at radius 2 is 2.08 bits per heavy atom. The van der Waals surface area contributed by atoms with Crippen molar-refractivity contribution in [2.75, 3.05) is 6.54 Å². The molecule has 0 spiro atoms. The molecule has 0 aliphatic heterocycles. The van der Waals surface area contributed by atoms with Crippen molar-refractivity contribution >= 4 is 5.91 Å². The molecule has 2 aromatic rings. The quantitative estimate of drug-likeness (QED) is 0.902. The van der Waals surface area contributed by atoms with E-state index in [9.17, 15) is 18.7 Å². The molecule has 7 heteroatoms. The molecule has 1 saturated carbocycles. The van der Waals surface area contributed by atoms with Gasteiger partial charge in [0.05, 0.1) is 22.6 Å². The highest BCUT2D eigenvalue weighted by molar-refractivity contribution is 5.96. The molecule has 5 nitrogen and oxygen atoms in total. The molecular formula is C17H19F2N3O2. The molecule has 1 aliphatic carbocycles. The molecule has 0 bridgehead atoms. The van der Waals surface area contributed by atoms with Gasteiger partial charge in [0.15, 0.2) is 5.82 Å². The van der Waals surface area contributed by atoms with E-state index in [0.717, 1.165) is 18.6 Å². The van der Waals surface area contributed by atoms with Crippen molar-refractivity contribution in [1.82, 2.24) is 15.1 Å². The molecule has 3 rings (SSSR count). The Labute approximate surface area is 138 Å². The van der Waals surface area contributed by atoms with Crippen LogP contribution < -0.4 is 5.32 Å². The van der Waals surface area contributed by atoms with Gasteiger partial charge in [-0.1, -0.05) is 0 Å². The van der Waals surface area contributed by atoms with Crippen LogP contribution in [0.25, 0.3) is 5.69 Å². The zero-order valence-corrected chi connectivity index (χ0v) is 13.6. The minimum atomic E-state index is -0.823. The van der Waals surface area contributed by atoms with Crippen molar-refractivity contribution in [1.29, 1.82) is 0 Å². The van der Waals surface area contributed by atoms with Crippen LogP contribution in [0.1, 0.15) is 41.0 Å². The van der Waals surface area contributed by atoms with Gasteiger partial charge < -0.3 is 10.4 Å². The Hall–Kier alpha value is -2.28. The normalized spacial score (nSPS) is 15.9. The lowest BCUT2D eigenvalue weighted by Gasteiger charge is -2.36. The number of nitrogens with zero attached hydrogens (tertiary/aromatic N) is 2. The van der Waals surface area contributed by atoms with Crippen molar-refractivity contribution < 1.29 is 18.7 Å². The average molecular weight is 335 g/mol. The van der Waals surface area contributed by atoms with Gasteiger partial charge in [0.2, 0.25) is 0 Å². The molecule has 1 aromatic heterocycles. The fraction of sp³-hybridized carbons (Fsp3) is 0.412. The summed E-state index contributed by atoms with van der Waals surface area (Å²) in [7, 11) is 0. The van der Waals surface area contributed by atoms with E-state index in [1.165, 1.54) is 10.7 Å².